The van der Waals surface area contributed by atoms with Crippen LogP contribution in [0, 0.1) is 6.92 Å². The van der Waals surface area contributed by atoms with Gasteiger partial charge in [0.25, 0.3) is 11.5 Å². The first-order chi connectivity index (χ1) is 19.9. The Labute approximate surface area is 252 Å². The van der Waals surface area contributed by atoms with E-state index < -0.39 is 17.9 Å². The molecule has 1 N–H and O–H groups in total. The zero-order valence-corrected chi connectivity index (χ0v) is 25.9. The van der Waals surface area contributed by atoms with E-state index in [1.54, 1.807) is 43.2 Å². The molecule has 42 heavy (non-hydrogen) atoms. The topological polar surface area (TPSA) is 120 Å². The standard InChI is InChI=1S/C28H26ClN5O5.C2H6S/c1-14(2)33-23-21(31-24(33)19-11-17(28(37)38)12-30-25(19)39-5)27(36)34(20-10-15(3)13-32(4)26(20)35)22(23)16-6-8-18(29)9-7-16;1-3-2/h6-14,22H,1-5H3,(H,37,38);1-2H3. The summed E-state index contributed by atoms with van der Waals surface area (Å²) >= 11 is 7.94. The largest absolute Gasteiger partial charge is 0.480 e. The molecule has 1 amide bonds. The van der Waals surface area contributed by atoms with E-state index in [1.165, 1.54) is 28.8 Å². The fourth-order valence-electron chi connectivity index (χ4n) is 5.05. The van der Waals surface area contributed by atoms with E-state index in [4.69, 9.17) is 21.3 Å². The van der Waals surface area contributed by atoms with Crippen LogP contribution in [0.5, 0.6) is 5.88 Å². The number of halogens is 1. The molecular formula is C30H32ClN5O5S. The van der Waals surface area contributed by atoms with Crippen LogP contribution in [0.15, 0.2) is 53.6 Å². The number of hydrogen-bond donors (Lipinski definition) is 1. The summed E-state index contributed by atoms with van der Waals surface area (Å²) in [5, 5.41) is 10.1. The Balaban J connectivity index is 0.00000129. The summed E-state index contributed by atoms with van der Waals surface area (Å²) in [4.78, 5) is 49.5. The molecule has 1 unspecified atom stereocenters. The third-order valence-corrected chi connectivity index (χ3v) is 6.93. The molecule has 0 radical (unpaired) electrons. The molecule has 0 saturated heterocycles. The number of amides is 1. The van der Waals surface area contributed by atoms with Gasteiger partial charge in [-0.3, -0.25) is 14.5 Å². The number of carbonyl (C=O) groups is 2. The first-order valence-electron chi connectivity index (χ1n) is 13.0. The summed E-state index contributed by atoms with van der Waals surface area (Å²) in [5.74, 6) is -1.09. The van der Waals surface area contributed by atoms with Crippen molar-refractivity contribution in [1.29, 1.82) is 0 Å². The molecule has 4 heterocycles. The first kappa shape index (κ1) is 30.9. The Morgan fingerprint density at radius 3 is 2.36 bits per heavy atom. The summed E-state index contributed by atoms with van der Waals surface area (Å²) in [6.07, 6.45) is 6.99. The highest BCUT2D eigenvalue weighted by molar-refractivity contribution is 7.97. The predicted octanol–water partition coefficient (Wildman–Crippen LogP) is 5.62. The molecule has 1 aliphatic heterocycles. The van der Waals surface area contributed by atoms with Crippen molar-refractivity contribution >= 4 is 40.9 Å². The van der Waals surface area contributed by atoms with E-state index in [9.17, 15) is 19.5 Å². The van der Waals surface area contributed by atoms with Crippen LogP contribution in [-0.2, 0) is 7.05 Å². The number of nitrogens with zero attached hydrogens (tertiary/aromatic N) is 5. The molecule has 0 spiro atoms. The minimum Gasteiger partial charge on any atom is -0.480 e. The molecule has 12 heteroatoms. The number of fused-ring (bicyclic) bond motifs is 1. The van der Waals surface area contributed by atoms with Crippen LogP contribution in [0.1, 0.15) is 63.6 Å². The molecule has 1 aliphatic rings. The average Bonchev–Trinajstić information content (AvgIpc) is 3.46. The maximum Gasteiger partial charge on any atom is 0.337 e. The van der Waals surface area contributed by atoms with Crippen molar-refractivity contribution in [2.24, 2.45) is 7.05 Å². The number of methoxy groups -OCH3 is 1. The molecule has 0 aliphatic carbocycles. The number of ether oxygens (including phenoxy) is 1. The summed E-state index contributed by atoms with van der Waals surface area (Å²) in [7, 11) is 3.07. The van der Waals surface area contributed by atoms with Gasteiger partial charge in [0.2, 0.25) is 5.88 Å². The third kappa shape index (κ3) is 5.54. The average molecular weight is 610 g/mol. The summed E-state index contributed by atoms with van der Waals surface area (Å²) in [6, 6.07) is 9.29. The second kappa shape index (κ2) is 12.4. The molecule has 3 aromatic heterocycles. The van der Waals surface area contributed by atoms with Gasteiger partial charge >= 0.3 is 5.97 Å². The van der Waals surface area contributed by atoms with Crippen molar-refractivity contribution in [3.63, 3.8) is 0 Å². The Morgan fingerprint density at radius 1 is 1.14 bits per heavy atom. The predicted molar refractivity (Wildman–Crippen MR) is 165 cm³/mol. The van der Waals surface area contributed by atoms with Crippen LogP contribution >= 0.6 is 23.4 Å². The first-order valence-corrected chi connectivity index (χ1v) is 15.0. The van der Waals surface area contributed by atoms with Gasteiger partial charge in [-0.15, -0.1) is 0 Å². The molecule has 220 valence electrons. The molecule has 1 aromatic carbocycles. The van der Waals surface area contributed by atoms with Crippen molar-refractivity contribution < 1.29 is 19.4 Å². The minimum atomic E-state index is -1.15. The molecule has 10 nitrogen and oxygen atoms in total. The lowest BCUT2D eigenvalue weighted by Crippen LogP contribution is -2.36. The van der Waals surface area contributed by atoms with Crippen LogP contribution in [0.4, 0.5) is 5.69 Å². The van der Waals surface area contributed by atoms with E-state index in [2.05, 4.69) is 4.98 Å². The molecular weight excluding hydrogens is 578 g/mol. The molecule has 4 aromatic rings. The highest BCUT2D eigenvalue weighted by atomic mass is 35.5. The van der Waals surface area contributed by atoms with Crippen molar-refractivity contribution in [3.05, 3.63) is 92.2 Å². The van der Waals surface area contributed by atoms with Crippen LogP contribution in [-0.4, -0.2) is 55.7 Å². The number of anilines is 1. The van der Waals surface area contributed by atoms with Gasteiger partial charge in [0.05, 0.1) is 23.9 Å². The van der Waals surface area contributed by atoms with Crippen molar-refractivity contribution in [2.75, 3.05) is 24.5 Å². The van der Waals surface area contributed by atoms with Gasteiger partial charge in [-0.25, -0.2) is 14.8 Å². The fourth-order valence-corrected chi connectivity index (χ4v) is 5.18. The number of hydrogen-bond acceptors (Lipinski definition) is 7. The zero-order chi connectivity index (χ0) is 30.9. The molecule has 0 saturated carbocycles. The van der Waals surface area contributed by atoms with E-state index in [1.807, 2.05) is 50.0 Å². The SMILES string of the molecule is COc1ncc(C(=O)O)cc1-c1nc2c(n1C(C)C)C(c1ccc(Cl)cc1)N(c1cc(C)cn(C)c1=O)C2=O.CSC. The van der Waals surface area contributed by atoms with Crippen molar-refractivity contribution in [1.82, 2.24) is 19.1 Å². The maximum atomic E-state index is 14.1. The summed E-state index contributed by atoms with van der Waals surface area (Å²) in [5.41, 5.74) is 2.46. The number of carbonyl (C=O) groups excluding carboxylic acids is 1. The number of rotatable bonds is 6. The van der Waals surface area contributed by atoms with E-state index in [-0.39, 0.29) is 34.4 Å². The Morgan fingerprint density at radius 2 is 1.79 bits per heavy atom. The Hall–Kier alpha value is -4.09. The number of benzene rings is 1. The summed E-state index contributed by atoms with van der Waals surface area (Å²) < 4.78 is 8.76. The van der Waals surface area contributed by atoms with E-state index >= 15 is 0 Å². The lowest BCUT2D eigenvalue weighted by Gasteiger charge is -2.28. The number of carboxylic acids is 1. The van der Waals surface area contributed by atoms with Gasteiger partial charge in [-0.2, -0.15) is 11.8 Å². The smallest absolute Gasteiger partial charge is 0.337 e. The van der Waals surface area contributed by atoms with Gasteiger partial charge in [-0.05, 0) is 68.7 Å². The van der Waals surface area contributed by atoms with Crippen LogP contribution in [0.3, 0.4) is 0 Å². The van der Waals surface area contributed by atoms with Gasteiger partial charge < -0.3 is 19.0 Å². The normalized spacial score (nSPS) is 14.1. The van der Waals surface area contributed by atoms with Crippen molar-refractivity contribution in [3.8, 4) is 17.3 Å². The van der Waals surface area contributed by atoms with Gasteiger partial charge in [0.15, 0.2) is 5.69 Å². The third-order valence-electron chi connectivity index (χ3n) is 6.68. The molecule has 0 fully saturated rings. The number of imidazole rings is 1. The van der Waals surface area contributed by atoms with Gasteiger partial charge in [0, 0.05) is 30.5 Å². The monoisotopic (exact) mass is 609 g/mol. The molecule has 1 atom stereocenters. The van der Waals surface area contributed by atoms with Crippen LogP contribution < -0.4 is 15.2 Å². The van der Waals surface area contributed by atoms with Crippen LogP contribution in [0.2, 0.25) is 5.02 Å². The molecule has 0 bridgehead atoms. The van der Waals surface area contributed by atoms with Gasteiger partial charge in [0.1, 0.15) is 17.6 Å². The Kier molecular flexibility index (Phi) is 9.12. The number of aryl methyl sites for hydroxylation is 2. The summed E-state index contributed by atoms with van der Waals surface area (Å²) in [6.45, 7) is 5.72. The Bertz CT molecular complexity index is 1710. The number of thioether (sulfide) groups is 1. The van der Waals surface area contributed by atoms with Crippen LogP contribution in [0.25, 0.3) is 11.4 Å². The lowest BCUT2D eigenvalue weighted by atomic mass is 10.0. The number of carboxylic acid groups (broad SMARTS) is 1. The number of aromatic nitrogens is 4. The number of aromatic carboxylic acids is 1. The second-order valence-electron chi connectivity index (χ2n) is 10.1. The maximum absolute atomic E-state index is 14.1. The molecule has 5 rings (SSSR count). The zero-order valence-electron chi connectivity index (χ0n) is 24.4. The minimum absolute atomic E-state index is 0.0465. The second-order valence-corrected chi connectivity index (χ2v) is 11.3. The lowest BCUT2D eigenvalue weighted by molar-refractivity contribution is 0.0696. The highest BCUT2D eigenvalue weighted by Crippen LogP contribution is 2.45. The highest BCUT2D eigenvalue weighted by Gasteiger charge is 2.46. The van der Waals surface area contributed by atoms with Gasteiger partial charge in [-0.1, -0.05) is 23.7 Å². The fraction of sp³-hybridized carbons (Fsp3) is 0.300. The van der Waals surface area contributed by atoms with E-state index in [0.717, 1.165) is 11.1 Å². The number of pyridine rings is 2. The van der Waals surface area contributed by atoms with E-state index in [0.29, 0.717) is 22.1 Å². The quantitative estimate of drug-likeness (QED) is 0.299. The van der Waals surface area contributed by atoms with Crippen molar-refractivity contribution in [2.45, 2.75) is 32.9 Å².